The molecule has 0 unspecified atom stereocenters. The smallest absolute Gasteiger partial charge is 0.214 e. The molecule has 0 aliphatic heterocycles. The van der Waals surface area contributed by atoms with Crippen LogP contribution in [-0.4, -0.2) is 35.7 Å². The Morgan fingerprint density at radius 1 is 1.00 bits per heavy atom. The number of rotatable bonds is 7. The minimum absolute atomic E-state index is 0.00887. The zero-order valence-corrected chi connectivity index (χ0v) is 13.4. The van der Waals surface area contributed by atoms with Gasteiger partial charge in [0.25, 0.3) is 0 Å². The predicted molar refractivity (Wildman–Crippen MR) is 78.6 cm³/mol. The van der Waals surface area contributed by atoms with E-state index in [1.54, 1.807) is 19.1 Å². The number of hydrogen-bond donors (Lipinski definition) is 2. The quantitative estimate of drug-likeness (QED) is 0.717. The third-order valence-corrected chi connectivity index (χ3v) is 5.76. The molecule has 0 atom stereocenters. The maximum absolute atomic E-state index is 12.1. The molecular formula is C12H20N2O4S2. The van der Waals surface area contributed by atoms with Crippen molar-refractivity contribution in [1.82, 2.24) is 9.44 Å². The van der Waals surface area contributed by atoms with Crippen LogP contribution in [0.5, 0.6) is 0 Å². The Morgan fingerprint density at radius 2 is 1.60 bits per heavy atom. The van der Waals surface area contributed by atoms with E-state index >= 15 is 0 Å². The summed E-state index contributed by atoms with van der Waals surface area (Å²) in [6.07, 6.45) is 0. The highest BCUT2D eigenvalue weighted by atomic mass is 32.2. The SMILES string of the molecule is CCS(=O)(=O)NCCNS(=O)(=O)c1cc(C)ccc1C. The van der Waals surface area contributed by atoms with Crippen LogP contribution in [0.25, 0.3) is 0 Å². The fourth-order valence-electron chi connectivity index (χ4n) is 1.57. The van der Waals surface area contributed by atoms with Crippen molar-refractivity contribution in [3.05, 3.63) is 29.3 Å². The van der Waals surface area contributed by atoms with E-state index in [4.69, 9.17) is 0 Å². The van der Waals surface area contributed by atoms with Crippen LogP contribution in [0.15, 0.2) is 23.1 Å². The molecule has 114 valence electrons. The highest BCUT2D eigenvalue weighted by Crippen LogP contribution is 2.16. The number of nitrogens with one attached hydrogen (secondary N) is 2. The molecule has 0 radical (unpaired) electrons. The van der Waals surface area contributed by atoms with Crippen LogP contribution in [0, 0.1) is 13.8 Å². The second kappa shape index (κ2) is 6.66. The minimum atomic E-state index is -3.62. The van der Waals surface area contributed by atoms with Gasteiger partial charge in [0, 0.05) is 13.1 Å². The molecule has 2 N–H and O–H groups in total. The van der Waals surface area contributed by atoms with Crippen molar-refractivity contribution in [2.75, 3.05) is 18.8 Å². The van der Waals surface area contributed by atoms with Gasteiger partial charge in [0.05, 0.1) is 10.6 Å². The van der Waals surface area contributed by atoms with Gasteiger partial charge in [-0.25, -0.2) is 26.3 Å². The lowest BCUT2D eigenvalue weighted by Gasteiger charge is -2.10. The van der Waals surface area contributed by atoms with Gasteiger partial charge in [-0.2, -0.15) is 0 Å². The van der Waals surface area contributed by atoms with E-state index in [1.807, 2.05) is 13.0 Å². The summed E-state index contributed by atoms with van der Waals surface area (Å²) >= 11 is 0. The minimum Gasteiger partial charge on any atom is -0.214 e. The highest BCUT2D eigenvalue weighted by molar-refractivity contribution is 7.89. The van der Waals surface area contributed by atoms with E-state index in [9.17, 15) is 16.8 Å². The van der Waals surface area contributed by atoms with Crippen LogP contribution in [0.1, 0.15) is 18.1 Å². The summed E-state index contributed by atoms with van der Waals surface area (Å²) in [4.78, 5) is 0.218. The van der Waals surface area contributed by atoms with E-state index in [0.29, 0.717) is 5.56 Å². The molecule has 0 fully saturated rings. The first-order chi connectivity index (χ1) is 9.18. The summed E-state index contributed by atoms with van der Waals surface area (Å²) < 4.78 is 51.3. The molecule has 1 aromatic carbocycles. The lowest BCUT2D eigenvalue weighted by Crippen LogP contribution is -2.35. The van der Waals surface area contributed by atoms with Gasteiger partial charge in [0.1, 0.15) is 0 Å². The van der Waals surface area contributed by atoms with Gasteiger partial charge in [-0.15, -0.1) is 0 Å². The normalized spacial score (nSPS) is 12.6. The van der Waals surface area contributed by atoms with E-state index in [-0.39, 0.29) is 23.7 Å². The molecule has 0 aliphatic rings. The second-order valence-corrected chi connectivity index (χ2v) is 8.30. The Balaban J connectivity index is 2.70. The van der Waals surface area contributed by atoms with Gasteiger partial charge in [0.2, 0.25) is 20.0 Å². The Labute approximate surface area is 120 Å². The van der Waals surface area contributed by atoms with Crippen molar-refractivity contribution in [2.24, 2.45) is 0 Å². The third-order valence-electron chi connectivity index (χ3n) is 2.75. The monoisotopic (exact) mass is 320 g/mol. The number of hydrogen-bond acceptors (Lipinski definition) is 4. The summed E-state index contributed by atoms with van der Waals surface area (Å²) in [5.74, 6) is -0.0310. The van der Waals surface area contributed by atoms with Gasteiger partial charge >= 0.3 is 0 Å². The molecule has 0 saturated heterocycles. The van der Waals surface area contributed by atoms with Crippen molar-refractivity contribution in [3.8, 4) is 0 Å². The van der Waals surface area contributed by atoms with Gasteiger partial charge in [-0.1, -0.05) is 12.1 Å². The van der Waals surface area contributed by atoms with Crippen LogP contribution in [0.2, 0.25) is 0 Å². The first-order valence-corrected chi connectivity index (χ1v) is 9.36. The lowest BCUT2D eigenvalue weighted by atomic mass is 10.2. The molecule has 0 heterocycles. The van der Waals surface area contributed by atoms with Crippen molar-refractivity contribution < 1.29 is 16.8 Å². The second-order valence-electron chi connectivity index (χ2n) is 4.46. The molecule has 0 saturated carbocycles. The van der Waals surface area contributed by atoms with E-state index in [1.165, 1.54) is 6.92 Å². The van der Waals surface area contributed by atoms with Crippen LogP contribution in [0.3, 0.4) is 0 Å². The van der Waals surface area contributed by atoms with Crippen LogP contribution in [-0.2, 0) is 20.0 Å². The van der Waals surface area contributed by atoms with E-state index < -0.39 is 20.0 Å². The van der Waals surface area contributed by atoms with E-state index in [0.717, 1.165) is 5.56 Å². The van der Waals surface area contributed by atoms with Crippen molar-refractivity contribution in [2.45, 2.75) is 25.7 Å². The summed E-state index contributed by atoms with van der Waals surface area (Å²) in [6.45, 7) is 5.08. The Bertz CT molecular complexity index is 667. The fourth-order valence-corrected chi connectivity index (χ4v) is 3.55. The molecule has 8 heteroatoms. The standard InChI is InChI=1S/C12H20N2O4S2/c1-4-19(15,16)13-7-8-14-20(17,18)12-9-10(2)5-6-11(12)3/h5-6,9,13-14H,4,7-8H2,1-3H3. The molecule has 0 aromatic heterocycles. The highest BCUT2D eigenvalue weighted by Gasteiger charge is 2.16. The number of aryl methyl sites for hydroxylation is 2. The van der Waals surface area contributed by atoms with Crippen molar-refractivity contribution >= 4 is 20.0 Å². The number of sulfonamides is 2. The predicted octanol–water partition coefficient (Wildman–Crippen LogP) is 0.521. The largest absolute Gasteiger partial charge is 0.240 e. The molecule has 1 aromatic rings. The van der Waals surface area contributed by atoms with Gasteiger partial charge < -0.3 is 0 Å². The van der Waals surface area contributed by atoms with Gasteiger partial charge in [-0.05, 0) is 38.0 Å². The molecule has 0 aliphatic carbocycles. The molecular weight excluding hydrogens is 300 g/mol. The Hall–Kier alpha value is -0.960. The van der Waals surface area contributed by atoms with Gasteiger partial charge in [0.15, 0.2) is 0 Å². The van der Waals surface area contributed by atoms with Crippen LogP contribution < -0.4 is 9.44 Å². The first-order valence-electron chi connectivity index (χ1n) is 6.22. The zero-order valence-electron chi connectivity index (χ0n) is 11.8. The molecule has 20 heavy (non-hydrogen) atoms. The summed E-state index contributed by atoms with van der Waals surface area (Å²) in [7, 11) is -6.92. The van der Waals surface area contributed by atoms with Crippen molar-refractivity contribution in [3.63, 3.8) is 0 Å². The maximum atomic E-state index is 12.1. The van der Waals surface area contributed by atoms with Crippen LogP contribution >= 0.6 is 0 Å². The molecule has 1 rings (SSSR count). The maximum Gasteiger partial charge on any atom is 0.240 e. The summed E-state index contributed by atoms with van der Waals surface area (Å²) in [6, 6.07) is 5.17. The van der Waals surface area contributed by atoms with E-state index in [2.05, 4.69) is 9.44 Å². The zero-order chi connectivity index (χ0) is 15.4. The Morgan fingerprint density at radius 3 is 2.20 bits per heavy atom. The summed E-state index contributed by atoms with van der Waals surface area (Å²) in [5, 5.41) is 0. The fraction of sp³-hybridized carbons (Fsp3) is 0.500. The molecule has 0 bridgehead atoms. The first kappa shape index (κ1) is 17.1. The molecule has 0 spiro atoms. The topological polar surface area (TPSA) is 92.3 Å². The van der Waals surface area contributed by atoms with Crippen molar-refractivity contribution in [1.29, 1.82) is 0 Å². The average molecular weight is 320 g/mol. The van der Waals surface area contributed by atoms with Crippen LogP contribution in [0.4, 0.5) is 0 Å². The number of benzene rings is 1. The Kier molecular flexibility index (Phi) is 5.69. The average Bonchev–Trinajstić information content (AvgIpc) is 2.37. The molecule has 0 amide bonds. The summed E-state index contributed by atoms with van der Waals surface area (Å²) in [5.41, 5.74) is 1.50. The molecule has 6 nitrogen and oxygen atoms in total. The lowest BCUT2D eigenvalue weighted by molar-refractivity contribution is 0.571. The third kappa shape index (κ3) is 4.86. The van der Waals surface area contributed by atoms with Gasteiger partial charge in [-0.3, -0.25) is 0 Å².